The molecule has 0 aromatic carbocycles. The van der Waals surface area contributed by atoms with E-state index in [1.165, 1.54) is 51.4 Å². The molecule has 1 saturated carbocycles. The molecule has 4 nitrogen and oxygen atoms in total. The number of carboxylic acids is 1. The van der Waals surface area contributed by atoms with E-state index in [4.69, 9.17) is 10.8 Å². The first kappa shape index (κ1) is 19.0. The minimum atomic E-state index is -0.580. The van der Waals surface area contributed by atoms with Crippen molar-refractivity contribution in [3.05, 3.63) is 0 Å². The van der Waals surface area contributed by atoms with Crippen LogP contribution in [0.4, 0.5) is 0 Å². The Bertz CT molecular complexity index is 337. The third-order valence-corrected chi connectivity index (χ3v) is 4.89. The zero-order valence-electron chi connectivity index (χ0n) is 13.9. The SMILES string of the molecule is NC(=O)CCCCCCCCCCCCCC1(C(=O)O)CC1. The van der Waals surface area contributed by atoms with Gasteiger partial charge in [-0.15, -0.1) is 0 Å². The molecule has 1 aliphatic rings. The average molecular weight is 311 g/mol. The van der Waals surface area contributed by atoms with Crippen LogP contribution in [0.2, 0.25) is 0 Å². The first-order valence-electron chi connectivity index (χ1n) is 9.08. The van der Waals surface area contributed by atoms with Crippen LogP contribution in [0.15, 0.2) is 0 Å². The highest BCUT2D eigenvalue weighted by molar-refractivity contribution is 5.77. The molecule has 0 spiro atoms. The molecule has 0 aromatic rings. The van der Waals surface area contributed by atoms with Gasteiger partial charge in [0.2, 0.25) is 5.91 Å². The summed E-state index contributed by atoms with van der Waals surface area (Å²) in [7, 11) is 0. The quantitative estimate of drug-likeness (QED) is 0.440. The summed E-state index contributed by atoms with van der Waals surface area (Å²) in [5, 5.41) is 9.09. The summed E-state index contributed by atoms with van der Waals surface area (Å²) in [6.07, 6.45) is 16.4. The maximum absolute atomic E-state index is 11.0. The number of nitrogens with two attached hydrogens (primary N) is 1. The minimum Gasteiger partial charge on any atom is -0.481 e. The molecule has 0 radical (unpaired) electrons. The van der Waals surface area contributed by atoms with Crippen LogP contribution < -0.4 is 5.73 Å². The summed E-state index contributed by atoms with van der Waals surface area (Å²) < 4.78 is 0. The van der Waals surface area contributed by atoms with Crippen LogP contribution in [0.1, 0.15) is 96.3 Å². The summed E-state index contributed by atoms with van der Waals surface area (Å²) in [5.41, 5.74) is 4.77. The zero-order chi connectivity index (χ0) is 16.3. The van der Waals surface area contributed by atoms with Gasteiger partial charge in [-0.25, -0.2) is 0 Å². The van der Waals surface area contributed by atoms with E-state index in [9.17, 15) is 9.59 Å². The molecule has 1 aliphatic carbocycles. The van der Waals surface area contributed by atoms with Crippen molar-refractivity contribution in [1.29, 1.82) is 0 Å². The van der Waals surface area contributed by atoms with Gasteiger partial charge in [0.25, 0.3) is 0 Å². The van der Waals surface area contributed by atoms with Gasteiger partial charge >= 0.3 is 5.97 Å². The van der Waals surface area contributed by atoms with Crippen molar-refractivity contribution in [3.63, 3.8) is 0 Å². The maximum Gasteiger partial charge on any atom is 0.309 e. The number of hydrogen-bond donors (Lipinski definition) is 2. The zero-order valence-corrected chi connectivity index (χ0v) is 13.9. The molecule has 0 heterocycles. The van der Waals surface area contributed by atoms with Gasteiger partial charge in [-0.1, -0.05) is 64.2 Å². The second-order valence-corrected chi connectivity index (χ2v) is 6.94. The van der Waals surface area contributed by atoms with E-state index in [2.05, 4.69) is 0 Å². The molecule has 1 rings (SSSR count). The standard InChI is InChI=1S/C18H33NO3/c19-16(20)12-10-8-6-4-2-1-3-5-7-9-11-13-18(14-15-18)17(21)22/h1-15H2,(H2,19,20)(H,21,22). The monoisotopic (exact) mass is 311 g/mol. The summed E-state index contributed by atoms with van der Waals surface area (Å²) in [5.74, 6) is -0.765. The second-order valence-electron chi connectivity index (χ2n) is 6.94. The summed E-state index contributed by atoms with van der Waals surface area (Å²) in [6.45, 7) is 0. The van der Waals surface area contributed by atoms with E-state index >= 15 is 0 Å². The summed E-state index contributed by atoms with van der Waals surface area (Å²) >= 11 is 0. The Kier molecular flexibility index (Phi) is 9.17. The predicted molar refractivity (Wildman–Crippen MR) is 88.5 cm³/mol. The molecule has 0 saturated heterocycles. The molecule has 22 heavy (non-hydrogen) atoms. The molecule has 128 valence electrons. The van der Waals surface area contributed by atoms with Gasteiger partial charge in [0.05, 0.1) is 5.41 Å². The summed E-state index contributed by atoms with van der Waals surface area (Å²) in [6, 6.07) is 0. The molecule has 0 atom stereocenters. The average Bonchev–Trinajstić information content (AvgIpc) is 3.25. The van der Waals surface area contributed by atoms with Crippen molar-refractivity contribution >= 4 is 11.9 Å². The Labute approximate surface area is 134 Å². The highest BCUT2D eigenvalue weighted by Gasteiger charge is 2.49. The van der Waals surface area contributed by atoms with Crippen LogP contribution in [-0.2, 0) is 9.59 Å². The number of amides is 1. The molecular weight excluding hydrogens is 278 g/mol. The molecule has 1 amide bonds. The molecule has 1 fully saturated rings. The van der Waals surface area contributed by atoms with Gasteiger partial charge in [0.1, 0.15) is 0 Å². The van der Waals surface area contributed by atoms with Crippen molar-refractivity contribution in [3.8, 4) is 0 Å². The second kappa shape index (κ2) is 10.6. The summed E-state index contributed by atoms with van der Waals surface area (Å²) in [4.78, 5) is 21.6. The Morgan fingerprint density at radius 1 is 0.773 bits per heavy atom. The number of aliphatic carboxylic acids is 1. The smallest absolute Gasteiger partial charge is 0.309 e. The lowest BCUT2D eigenvalue weighted by atomic mass is 9.97. The van der Waals surface area contributed by atoms with Crippen molar-refractivity contribution in [2.45, 2.75) is 96.3 Å². The van der Waals surface area contributed by atoms with E-state index in [1.54, 1.807) is 0 Å². The predicted octanol–water partition coefficient (Wildman–Crippen LogP) is 4.41. The van der Waals surface area contributed by atoms with Crippen LogP contribution in [-0.4, -0.2) is 17.0 Å². The van der Waals surface area contributed by atoms with Gasteiger partial charge in [0.15, 0.2) is 0 Å². The van der Waals surface area contributed by atoms with Gasteiger partial charge in [-0.2, -0.15) is 0 Å². The molecule has 0 unspecified atom stereocenters. The molecule has 0 bridgehead atoms. The van der Waals surface area contributed by atoms with Crippen LogP contribution in [0.25, 0.3) is 0 Å². The Balaban J connectivity index is 1.75. The van der Waals surface area contributed by atoms with Crippen molar-refractivity contribution in [2.24, 2.45) is 11.1 Å². The number of carbonyl (C=O) groups excluding carboxylic acids is 1. The van der Waals surface area contributed by atoms with E-state index < -0.39 is 5.97 Å². The third kappa shape index (κ3) is 8.40. The van der Waals surface area contributed by atoms with Crippen molar-refractivity contribution < 1.29 is 14.7 Å². The van der Waals surface area contributed by atoms with E-state index in [-0.39, 0.29) is 11.3 Å². The highest BCUT2D eigenvalue weighted by atomic mass is 16.4. The molecule has 0 aliphatic heterocycles. The van der Waals surface area contributed by atoms with Crippen molar-refractivity contribution in [1.82, 2.24) is 0 Å². The number of carbonyl (C=O) groups is 2. The maximum atomic E-state index is 11.0. The fraction of sp³-hybridized carbons (Fsp3) is 0.889. The topological polar surface area (TPSA) is 80.4 Å². The molecule has 4 heteroatoms. The number of rotatable bonds is 15. The van der Waals surface area contributed by atoms with Crippen LogP contribution in [0, 0.1) is 5.41 Å². The number of hydrogen-bond acceptors (Lipinski definition) is 2. The lowest BCUT2D eigenvalue weighted by Crippen LogP contribution is -2.14. The van der Waals surface area contributed by atoms with Crippen LogP contribution in [0.5, 0.6) is 0 Å². The van der Waals surface area contributed by atoms with Crippen molar-refractivity contribution in [2.75, 3.05) is 0 Å². The van der Waals surface area contributed by atoms with Crippen LogP contribution >= 0.6 is 0 Å². The molecular formula is C18H33NO3. The minimum absolute atomic E-state index is 0.184. The number of primary amides is 1. The Hall–Kier alpha value is -1.06. The lowest BCUT2D eigenvalue weighted by Gasteiger charge is -2.08. The first-order chi connectivity index (χ1) is 10.6. The van der Waals surface area contributed by atoms with E-state index in [0.29, 0.717) is 6.42 Å². The fourth-order valence-corrected chi connectivity index (χ4v) is 3.08. The van der Waals surface area contributed by atoms with E-state index in [1.807, 2.05) is 0 Å². The van der Waals surface area contributed by atoms with E-state index in [0.717, 1.165) is 38.5 Å². The Morgan fingerprint density at radius 3 is 1.55 bits per heavy atom. The lowest BCUT2D eigenvalue weighted by molar-refractivity contribution is -0.143. The van der Waals surface area contributed by atoms with Gasteiger partial charge < -0.3 is 10.8 Å². The fourth-order valence-electron chi connectivity index (χ4n) is 3.08. The first-order valence-corrected chi connectivity index (χ1v) is 9.08. The normalized spacial score (nSPS) is 15.6. The van der Waals surface area contributed by atoms with Crippen LogP contribution in [0.3, 0.4) is 0 Å². The molecule has 3 N–H and O–H groups in total. The highest BCUT2D eigenvalue weighted by Crippen LogP contribution is 2.50. The number of unbranched alkanes of at least 4 members (excludes halogenated alkanes) is 10. The number of carboxylic acid groups (broad SMARTS) is 1. The largest absolute Gasteiger partial charge is 0.481 e. The van der Waals surface area contributed by atoms with Gasteiger partial charge in [-0.3, -0.25) is 9.59 Å². The van der Waals surface area contributed by atoms with Gasteiger partial charge in [-0.05, 0) is 25.7 Å². The van der Waals surface area contributed by atoms with Gasteiger partial charge in [0, 0.05) is 6.42 Å². The Morgan fingerprint density at radius 2 is 1.18 bits per heavy atom. The molecule has 0 aromatic heterocycles. The third-order valence-electron chi connectivity index (χ3n) is 4.89.